The number of alkyl halides is 2. The highest BCUT2D eigenvalue weighted by molar-refractivity contribution is 4.66. The molecule has 0 bridgehead atoms. The first kappa shape index (κ1) is 8.78. The van der Waals surface area contributed by atoms with E-state index in [2.05, 4.69) is 4.74 Å². The molecule has 0 aliphatic carbocycles. The summed E-state index contributed by atoms with van der Waals surface area (Å²) in [6.07, 6.45) is 0.191. The van der Waals surface area contributed by atoms with Crippen molar-refractivity contribution in [2.45, 2.75) is 6.10 Å². The average Bonchev–Trinajstić information content (AvgIpc) is 2.71. The van der Waals surface area contributed by atoms with Gasteiger partial charge in [-0.25, -0.2) is 4.39 Å². The lowest BCUT2D eigenvalue weighted by molar-refractivity contribution is 0.0478. The van der Waals surface area contributed by atoms with Crippen LogP contribution in [0, 0.1) is 0 Å². The molecule has 0 radical (unpaired) electrons. The minimum atomic E-state index is -0.695. The molecule has 1 aliphatic rings. The molecule has 1 atom stereocenters. The first-order chi connectivity index (χ1) is 4.43. The summed E-state index contributed by atoms with van der Waals surface area (Å²) >= 11 is 0. The van der Waals surface area contributed by atoms with Crippen molar-refractivity contribution >= 4 is 0 Å². The van der Waals surface area contributed by atoms with Gasteiger partial charge >= 0.3 is 0 Å². The Balaban J connectivity index is 0.000000291. The van der Waals surface area contributed by atoms with Crippen LogP contribution in [0.1, 0.15) is 0 Å². The molecular weight excluding hydrogens is 130 g/mol. The molecule has 56 valence electrons. The van der Waals surface area contributed by atoms with Crippen molar-refractivity contribution in [3.63, 3.8) is 0 Å². The average molecular weight is 140 g/mol. The third-order valence-electron chi connectivity index (χ3n) is 0.783. The smallest absolute Gasteiger partial charge is 0.188 e. The van der Waals surface area contributed by atoms with Crippen LogP contribution >= 0.6 is 0 Å². The van der Waals surface area contributed by atoms with Crippen molar-refractivity contribution < 1.29 is 18.3 Å². The molecule has 0 aromatic rings. The number of halogens is 2. The maximum atomic E-state index is 11.1. The van der Waals surface area contributed by atoms with Crippen LogP contribution in [0.15, 0.2) is 0 Å². The first-order valence-electron chi connectivity index (χ1n) is 2.56. The molecule has 1 rings (SSSR count). The summed E-state index contributed by atoms with van der Waals surface area (Å²) in [7, 11) is 0.500. The monoisotopic (exact) mass is 140 g/mol. The maximum absolute atomic E-state index is 11.1. The Morgan fingerprint density at radius 1 is 1.67 bits per heavy atom. The molecule has 1 unspecified atom stereocenters. The molecule has 9 heavy (non-hydrogen) atoms. The summed E-state index contributed by atoms with van der Waals surface area (Å²) in [5.41, 5.74) is 0. The largest absolute Gasteiger partial charge is 0.371 e. The number of ether oxygens (including phenoxy) is 2. The second-order valence-corrected chi connectivity index (χ2v) is 1.44. The fourth-order valence-corrected chi connectivity index (χ4v) is 0.340. The summed E-state index contributed by atoms with van der Waals surface area (Å²) in [5, 5.41) is 0. The lowest BCUT2D eigenvalue weighted by atomic mass is 10.5. The number of hydrogen-bond acceptors (Lipinski definition) is 2. The lowest BCUT2D eigenvalue weighted by Gasteiger charge is -1.89. The Kier molecular flexibility index (Phi) is 5.76. The van der Waals surface area contributed by atoms with E-state index >= 15 is 0 Å². The summed E-state index contributed by atoms with van der Waals surface area (Å²) in [4.78, 5) is 0. The second-order valence-electron chi connectivity index (χ2n) is 1.44. The van der Waals surface area contributed by atoms with Crippen LogP contribution in [-0.2, 0) is 9.47 Å². The van der Waals surface area contributed by atoms with Crippen molar-refractivity contribution in [2.75, 3.05) is 27.3 Å². The molecule has 0 N–H and O–H groups in total. The van der Waals surface area contributed by atoms with Gasteiger partial charge in [-0.1, -0.05) is 0 Å². The zero-order valence-corrected chi connectivity index (χ0v) is 5.27. The molecule has 1 fully saturated rings. The lowest BCUT2D eigenvalue weighted by Crippen LogP contribution is -1.98. The standard InChI is InChI=1S/C4H7FO2.CH3F/c5-3-6-1-4-2-7-4;1-2/h4H,1-3H2;1H3. The van der Waals surface area contributed by atoms with Gasteiger partial charge in [-0.2, -0.15) is 0 Å². The van der Waals surface area contributed by atoms with Gasteiger partial charge in [0.15, 0.2) is 6.86 Å². The predicted molar refractivity (Wildman–Crippen MR) is 28.7 cm³/mol. The Hall–Kier alpha value is -0.220. The van der Waals surface area contributed by atoms with Gasteiger partial charge in [0, 0.05) is 0 Å². The van der Waals surface area contributed by atoms with E-state index in [1.165, 1.54) is 0 Å². The van der Waals surface area contributed by atoms with Gasteiger partial charge in [0.25, 0.3) is 0 Å². The zero-order valence-electron chi connectivity index (χ0n) is 5.27. The first-order valence-corrected chi connectivity index (χ1v) is 2.56. The van der Waals surface area contributed by atoms with E-state index < -0.39 is 6.86 Å². The highest BCUT2D eigenvalue weighted by Crippen LogP contribution is 2.07. The Bertz CT molecular complexity index is 56.9. The van der Waals surface area contributed by atoms with Crippen LogP contribution < -0.4 is 0 Å². The number of rotatable bonds is 3. The Morgan fingerprint density at radius 3 is 2.56 bits per heavy atom. The van der Waals surface area contributed by atoms with Crippen LogP contribution in [0.4, 0.5) is 8.78 Å². The van der Waals surface area contributed by atoms with Crippen LogP contribution in [0.2, 0.25) is 0 Å². The summed E-state index contributed by atoms with van der Waals surface area (Å²) in [6.45, 7) is 0.455. The second kappa shape index (κ2) is 5.91. The van der Waals surface area contributed by atoms with Gasteiger partial charge < -0.3 is 9.47 Å². The van der Waals surface area contributed by atoms with E-state index in [0.717, 1.165) is 6.61 Å². The van der Waals surface area contributed by atoms with Crippen molar-refractivity contribution in [3.8, 4) is 0 Å². The summed E-state index contributed by atoms with van der Waals surface area (Å²) in [5.74, 6) is 0. The van der Waals surface area contributed by atoms with Crippen molar-refractivity contribution in [2.24, 2.45) is 0 Å². The van der Waals surface area contributed by atoms with E-state index in [1.54, 1.807) is 0 Å². The topological polar surface area (TPSA) is 21.8 Å². The fraction of sp³-hybridized carbons (Fsp3) is 1.00. The molecule has 0 aromatic heterocycles. The van der Waals surface area contributed by atoms with Gasteiger partial charge in [-0.05, 0) is 0 Å². The SMILES string of the molecule is CF.FCOCC1CO1. The number of hydrogen-bond donors (Lipinski definition) is 0. The molecule has 0 aromatic carbocycles. The van der Waals surface area contributed by atoms with E-state index in [0.29, 0.717) is 13.8 Å². The third-order valence-corrected chi connectivity index (χ3v) is 0.783. The van der Waals surface area contributed by atoms with Crippen LogP contribution in [0.5, 0.6) is 0 Å². The van der Waals surface area contributed by atoms with Gasteiger partial charge in [0.1, 0.15) is 6.10 Å². The fourth-order valence-electron chi connectivity index (χ4n) is 0.340. The molecule has 2 nitrogen and oxygen atoms in total. The van der Waals surface area contributed by atoms with E-state index in [1.807, 2.05) is 0 Å². The Labute approximate surface area is 52.8 Å². The van der Waals surface area contributed by atoms with E-state index in [9.17, 15) is 8.78 Å². The molecule has 1 aliphatic heterocycles. The highest BCUT2D eigenvalue weighted by Gasteiger charge is 2.21. The van der Waals surface area contributed by atoms with E-state index in [4.69, 9.17) is 4.74 Å². The highest BCUT2D eigenvalue weighted by atomic mass is 19.1. The molecule has 1 saturated heterocycles. The predicted octanol–water partition coefficient (Wildman–Crippen LogP) is 0.914. The van der Waals surface area contributed by atoms with Crippen LogP contribution in [0.3, 0.4) is 0 Å². The van der Waals surface area contributed by atoms with Gasteiger partial charge in [0.05, 0.1) is 20.4 Å². The summed E-state index contributed by atoms with van der Waals surface area (Å²) < 4.78 is 29.7. The Morgan fingerprint density at radius 2 is 2.22 bits per heavy atom. The minimum absolute atomic E-state index is 0.191. The van der Waals surface area contributed by atoms with Crippen molar-refractivity contribution in [1.82, 2.24) is 0 Å². The van der Waals surface area contributed by atoms with Crippen molar-refractivity contribution in [1.29, 1.82) is 0 Å². The quantitative estimate of drug-likeness (QED) is 0.543. The van der Waals surface area contributed by atoms with Gasteiger partial charge in [-0.15, -0.1) is 0 Å². The normalized spacial score (nSPS) is 22.3. The maximum Gasteiger partial charge on any atom is 0.188 e. The molecule has 0 saturated carbocycles. The van der Waals surface area contributed by atoms with Crippen LogP contribution in [-0.4, -0.2) is 33.4 Å². The van der Waals surface area contributed by atoms with Gasteiger partial charge in [-0.3, -0.25) is 4.39 Å². The van der Waals surface area contributed by atoms with Crippen molar-refractivity contribution in [3.05, 3.63) is 0 Å². The molecular formula is C5H10F2O2. The van der Waals surface area contributed by atoms with E-state index in [-0.39, 0.29) is 6.10 Å². The summed E-state index contributed by atoms with van der Waals surface area (Å²) in [6, 6.07) is 0. The van der Waals surface area contributed by atoms with Gasteiger partial charge in [0.2, 0.25) is 0 Å². The molecule has 1 heterocycles. The molecule has 4 heteroatoms. The zero-order chi connectivity index (χ0) is 7.11. The minimum Gasteiger partial charge on any atom is -0.371 e. The molecule has 0 spiro atoms. The third kappa shape index (κ3) is 5.65. The molecule has 0 amide bonds. The number of epoxide rings is 1. The van der Waals surface area contributed by atoms with Crippen LogP contribution in [0.25, 0.3) is 0 Å².